The second-order valence-electron chi connectivity index (χ2n) is 5.58. The van der Waals surface area contributed by atoms with Gasteiger partial charge in [-0.25, -0.2) is 4.79 Å². The Bertz CT molecular complexity index is 262. The quantitative estimate of drug-likeness (QED) is 0.733. The first-order valence-electron chi connectivity index (χ1n) is 6.90. The Balaban J connectivity index is 1.79. The van der Waals surface area contributed by atoms with Gasteiger partial charge in [0, 0.05) is 13.1 Å². The van der Waals surface area contributed by atoms with Gasteiger partial charge >= 0.3 is 6.03 Å². The molecule has 2 fully saturated rings. The van der Waals surface area contributed by atoms with Gasteiger partial charge in [0.25, 0.3) is 0 Å². The van der Waals surface area contributed by atoms with Crippen molar-refractivity contribution in [1.82, 2.24) is 10.2 Å². The molecule has 0 spiro atoms. The first-order valence-corrected chi connectivity index (χ1v) is 6.90. The van der Waals surface area contributed by atoms with Crippen LogP contribution in [0.2, 0.25) is 0 Å². The molecular weight excluding hydrogens is 216 g/mol. The van der Waals surface area contributed by atoms with E-state index in [4.69, 9.17) is 0 Å². The van der Waals surface area contributed by atoms with Crippen molar-refractivity contribution in [2.24, 2.45) is 5.92 Å². The maximum Gasteiger partial charge on any atom is 0.317 e. The third-order valence-electron chi connectivity index (χ3n) is 4.11. The molecule has 17 heavy (non-hydrogen) atoms. The van der Waals surface area contributed by atoms with Crippen molar-refractivity contribution < 1.29 is 9.90 Å². The van der Waals surface area contributed by atoms with Crippen LogP contribution < -0.4 is 5.32 Å². The summed E-state index contributed by atoms with van der Waals surface area (Å²) in [6, 6.07) is -0.0153. The maximum atomic E-state index is 12.0. The van der Waals surface area contributed by atoms with Gasteiger partial charge in [0.2, 0.25) is 0 Å². The molecule has 2 atom stereocenters. The molecule has 1 heterocycles. The van der Waals surface area contributed by atoms with Crippen LogP contribution in [0.25, 0.3) is 0 Å². The highest BCUT2D eigenvalue weighted by molar-refractivity contribution is 5.74. The summed E-state index contributed by atoms with van der Waals surface area (Å²) in [5, 5.41) is 12.8. The molecular formula is C13H24N2O2. The molecule has 0 aromatic heterocycles. The minimum atomic E-state index is -0.351. The first kappa shape index (κ1) is 12.7. The van der Waals surface area contributed by atoms with E-state index < -0.39 is 0 Å². The number of hydrogen-bond donors (Lipinski definition) is 2. The van der Waals surface area contributed by atoms with Crippen molar-refractivity contribution in [3.8, 4) is 0 Å². The first-order chi connectivity index (χ1) is 8.16. The number of amides is 2. The lowest BCUT2D eigenvalue weighted by Crippen LogP contribution is -2.51. The molecule has 4 nitrogen and oxygen atoms in total. The molecule has 2 N–H and O–H groups in total. The number of urea groups is 1. The van der Waals surface area contributed by atoms with Crippen molar-refractivity contribution in [2.45, 2.75) is 57.6 Å². The Morgan fingerprint density at radius 3 is 2.47 bits per heavy atom. The molecule has 1 saturated heterocycles. The van der Waals surface area contributed by atoms with Crippen LogP contribution in [-0.4, -0.2) is 41.3 Å². The van der Waals surface area contributed by atoms with Gasteiger partial charge in [-0.1, -0.05) is 19.8 Å². The maximum absolute atomic E-state index is 12.0. The largest absolute Gasteiger partial charge is 0.391 e. The zero-order valence-corrected chi connectivity index (χ0v) is 10.7. The molecule has 2 aliphatic rings. The number of aliphatic hydroxyl groups is 1. The fraction of sp³-hybridized carbons (Fsp3) is 0.923. The summed E-state index contributed by atoms with van der Waals surface area (Å²) in [6.45, 7) is 3.95. The number of rotatable bonds is 1. The Morgan fingerprint density at radius 1 is 1.18 bits per heavy atom. The molecule has 1 aliphatic carbocycles. The zero-order valence-electron chi connectivity index (χ0n) is 10.7. The summed E-state index contributed by atoms with van der Waals surface area (Å²) in [7, 11) is 0. The SMILES string of the molecule is CC1CCN(C(=O)N[C@@H]2CCCC[C@H]2O)CC1. The monoisotopic (exact) mass is 240 g/mol. The second kappa shape index (κ2) is 5.71. The van der Waals surface area contributed by atoms with Crippen LogP contribution in [0.1, 0.15) is 45.4 Å². The summed E-state index contributed by atoms with van der Waals surface area (Å²) in [4.78, 5) is 13.9. The molecule has 2 rings (SSSR count). The van der Waals surface area contributed by atoms with E-state index in [9.17, 15) is 9.90 Å². The van der Waals surface area contributed by atoms with E-state index in [2.05, 4.69) is 12.2 Å². The molecule has 98 valence electrons. The molecule has 0 aromatic carbocycles. The van der Waals surface area contributed by atoms with Crippen LogP contribution in [0, 0.1) is 5.92 Å². The Kier molecular flexibility index (Phi) is 4.26. The Labute approximate surface area is 103 Å². The number of carbonyl (C=O) groups excluding carboxylic acids is 1. The summed E-state index contributed by atoms with van der Waals surface area (Å²) in [5.41, 5.74) is 0. The van der Waals surface area contributed by atoms with Gasteiger partial charge in [-0.05, 0) is 31.6 Å². The fourth-order valence-corrected chi connectivity index (χ4v) is 2.74. The van der Waals surface area contributed by atoms with E-state index in [-0.39, 0.29) is 18.2 Å². The summed E-state index contributed by atoms with van der Waals surface area (Å²) in [5.74, 6) is 0.735. The predicted molar refractivity (Wildman–Crippen MR) is 66.8 cm³/mol. The van der Waals surface area contributed by atoms with Gasteiger partial charge in [-0.2, -0.15) is 0 Å². The molecule has 2 amide bonds. The normalized spacial score (nSPS) is 31.3. The predicted octanol–water partition coefficient (Wildman–Crippen LogP) is 1.73. The van der Waals surface area contributed by atoms with Crippen LogP contribution in [0.3, 0.4) is 0 Å². The van der Waals surface area contributed by atoms with Gasteiger partial charge < -0.3 is 15.3 Å². The van der Waals surface area contributed by atoms with E-state index >= 15 is 0 Å². The van der Waals surface area contributed by atoms with Crippen molar-refractivity contribution in [2.75, 3.05) is 13.1 Å². The van der Waals surface area contributed by atoms with Crippen molar-refractivity contribution in [3.05, 3.63) is 0 Å². The molecule has 4 heteroatoms. The topological polar surface area (TPSA) is 52.6 Å². The Hall–Kier alpha value is -0.770. The average Bonchev–Trinajstić information content (AvgIpc) is 2.33. The molecule has 0 aromatic rings. The number of hydrogen-bond acceptors (Lipinski definition) is 2. The van der Waals surface area contributed by atoms with E-state index in [1.165, 1.54) is 0 Å². The van der Waals surface area contributed by atoms with Crippen LogP contribution in [0.5, 0.6) is 0 Å². The average molecular weight is 240 g/mol. The van der Waals surface area contributed by atoms with Crippen LogP contribution >= 0.6 is 0 Å². The van der Waals surface area contributed by atoms with Crippen molar-refractivity contribution >= 4 is 6.03 Å². The lowest BCUT2D eigenvalue weighted by molar-refractivity contribution is 0.0878. The molecule has 1 aliphatic heterocycles. The van der Waals surface area contributed by atoms with Crippen molar-refractivity contribution in [1.29, 1.82) is 0 Å². The van der Waals surface area contributed by atoms with Gasteiger partial charge in [0.05, 0.1) is 12.1 Å². The number of aliphatic hydroxyl groups excluding tert-OH is 1. The summed E-state index contributed by atoms with van der Waals surface area (Å²) >= 11 is 0. The highest BCUT2D eigenvalue weighted by atomic mass is 16.3. The van der Waals surface area contributed by atoms with E-state index in [0.717, 1.165) is 57.5 Å². The molecule has 0 bridgehead atoms. The van der Waals surface area contributed by atoms with E-state index in [1.807, 2.05) is 4.90 Å². The van der Waals surface area contributed by atoms with E-state index in [0.29, 0.717) is 0 Å². The van der Waals surface area contributed by atoms with Gasteiger partial charge in [0.15, 0.2) is 0 Å². The summed E-state index contributed by atoms with van der Waals surface area (Å²) in [6.07, 6.45) is 5.77. The third-order valence-corrected chi connectivity index (χ3v) is 4.11. The number of nitrogens with one attached hydrogen (secondary N) is 1. The number of nitrogens with zero attached hydrogens (tertiary/aromatic N) is 1. The Morgan fingerprint density at radius 2 is 1.82 bits per heavy atom. The summed E-state index contributed by atoms with van der Waals surface area (Å²) < 4.78 is 0. The van der Waals surface area contributed by atoms with Crippen LogP contribution in [0.4, 0.5) is 4.79 Å². The smallest absolute Gasteiger partial charge is 0.317 e. The highest BCUT2D eigenvalue weighted by Crippen LogP contribution is 2.20. The number of carbonyl (C=O) groups is 1. The molecule has 1 saturated carbocycles. The van der Waals surface area contributed by atoms with E-state index in [1.54, 1.807) is 0 Å². The van der Waals surface area contributed by atoms with Crippen molar-refractivity contribution in [3.63, 3.8) is 0 Å². The minimum absolute atomic E-state index is 0.0165. The molecule has 0 unspecified atom stereocenters. The number of likely N-dealkylation sites (tertiary alicyclic amines) is 1. The van der Waals surface area contributed by atoms with Gasteiger partial charge in [0.1, 0.15) is 0 Å². The van der Waals surface area contributed by atoms with Gasteiger partial charge in [-0.3, -0.25) is 0 Å². The van der Waals surface area contributed by atoms with Crippen LogP contribution in [0.15, 0.2) is 0 Å². The number of piperidine rings is 1. The fourth-order valence-electron chi connectivity index (χ4n) is 2.74. The van der Waals surface area contributed by atoms with Gasteiger partial charge in [-0.15, -0.1) is 0 Å². The standard InChI is InChI=1S/C13H24N2O2/c1-10-6-8-15(9-7-10)13(17)14-11-4-2-3-5-12(11)16/h10-12,16H,2-9H2,1H3,(H,14,17)/t11-,12-/m1/s1. The highest BCUT2D eigenvalue weighted by Gasteiger charge is 2.27. The van der Waals surface area contributed by atoms with Crippen LogP contribution in [-0.2, 0) is 0 Å². The zero-order chi connectivity index (χ0) is 12.3. The lowest BCUT2D eigenvalue weighted by Gasteiger charge is -2.34. The lowest BCUT2D eigenvalue weighted by atomic mass is 9.92. The second-order valence-corrected chi connectivity index (χ2v) is 5.58. The third kappa shape index (κ3) is 3.35. The minimum Gasteiger partial charge on any atom is -0.391 e. The molecule has 0 radical (unpaired) electrons.